The van der Waals surface area contributed by atoms with E-state index in [0.717, 1.165) is 57.9 Å². The van der Waals surface area contributed by atoms with Gasteiger partial charge in [-0.3, -0.25) is 0 Å². The third-order valence-electron chi connectivity index (χ3n) is 15.2. The number of fused-ring (bicyclic) bond motifs is 13. The van der Waals surface area contributed by atoms with Crippen molar-refractivity contribution in [2.75, 3.05) is 4.90 Å². The SMILES string of the molecule is C1=Cc2c(ccc3c2Oc2c(ccc4ccccc24)C32c3ccccc3-c3c(-c4ccc(N(c5ccc(-c6ccccc6)cc5)c5cc(-c6ccccc6)cc(-c6ccccc6)c5)cc4)cccc32)CC1. The van der Waals surface area contributed by atoms with Gasteiger partial charge in [0.05, 0.1) is 5.41 Å². The van der Waals surface area contributed by atoms with Crippen LogP contribution in [0.1, 0.15) is 39.8 Å². The van der Waals surface area contributed by atoms with Gasteiger partial charge in [0.2, 0.25) is 0 Å². The second kappa shape index (κ2) is 16.6. The molecule has 11 aromatic carbocycles. The topological polar surface area (TPSA) is 12.5 Å². The summed E-state index contributed by atoms with van der Waals surface area (Å²) in [5, 5.41) is 2.31. The van der Waals surface area contributed by atoms with Crippen LogP contribution in [0.3, 0.4) is 0 Å². The summed E-state index contributed by atoms with van der Waals surface area (Å²) in [6.07, 6.45) is 6.65. The number of allylic oxidation sites excluding steroid dienone is 1. The summed E-state index contributed by atoms with van der Waals surface area (Å²) in [7, 11) is 0. The maximum atomic E-state index is 7.27. The fourth-order valence-corrected chi connectivity index (χ4v) is 11.9. The molecule has 1 spiro atoms. The molecule has 2 aliphatic carbocycles. The third kappa shape index (κ3) is 6.56. The lowest BCUT2D eigenvalue weighted by molar-refractivity contribution is 0.439. The number of hydrogen-bond donors (Lipinski definition) is 0. The van der Waals surface area contributed by atoms with Crippen LogP contribution in [0.4, 0.5) is 17.1 Å². The highest BCUT2D eigenvalue weighted by Gasteiger charge is 2.52. The Labute approximate surface area is 415 Å². The minimum Gasteiger partial charge on any atom is -0.455 e. The number of hydrogen-bond acceptors (Lipinski definition) is 2. The van der Waals surface area contributed by atoms with Gasteiger partial charge < -0.3 is 9.64 Å². The van der Waals surface area contributed by atoms with Crippen LogP contribution in [-0.2, 0) is 11.8 Å². The Hall–Kier alpha value is -8.98. The van der Waals surface area contributed by atoms with E-state index in [4.69, 9.17) is 4.74 Å². The number of nitrogens with zero attached hydrogens (tertiary/aromatic N) is 1. The molecule has 0 saturated carbocycles. The predicted molar refractivity (Wildman–Crippen MR) is 295 cm³/mol. The number of aryl methyl sites for hydroxylation is 1. The Morgan fingerprint density at radius 3 is 1.62 bits per heavy atom. The van der Waals surface area contributed by atoms with E-state index < -0.39 is 5.41 Å². The standard InChI is InChI=1S/C69H47NO/c1-4-17-46(18-5-1)49-31-37-55(38-32-49)70(57-44-53(47-19-6-2-7-20-47)43-54(45-57)48-21-8-3-9-22-48)56-39-33-52(34-40-56)58-28-16-30-63-66(58)61-27-14-15-29-62(61)69(63)64-41-35-50-23-10-12-25-59(50)67(64)71-68-60-26-13-11-24-51(60)36-42-65(68)69/h1-10,12-23,25-45H,11,24H2. The van der Waals surface area contributed by atoms with Crippen molar-refractivity contribution in [3.63, 3.8) is 0 Å². The molecule has 334 valence electrons. The van der Waals surface area contributed by atoms with Crippen LogP contribution in [-0.4, -0.2) is 0 Å². The molecule has 0 bridgehead atoms. The van der Waals surface area contributed by atoms with E-state index >= 15 is 0 Å². The van der Waals surface area contributed by atoms with E-state index in [9.17, 15) is 0 Å². The van der Waals surface area contributed by atoms with E-state index in [1.54, 1.807) is 0 Å². The summed E-state index contributed by atoms with van der Waals surface area (Å²) in [5.41, 5.74) is 22.1. The lowest BCUT2D eigenvalue weighted by atomic mass is 9.65. The van der Waals surface area contributed by atoms with Crippen LogP contribution in [0.15, 0.2) is 255 Å². The second-order valence-electron chi connectivity index (χ2n) is 19.0. The first kappa shape index (κ1) is 41.0. The summed E-state index contributed by atoms with van der Waals surface area (Å²) in [4.78, 5) is 2.41. The third-order valence-corrected chi connectivity index (χ3v) is 15.2. The van der Waals surface area contributed by atoms with Crippen molar-refractivity contribution in [1.29, 1.82) is 0 Å². The van der Waals surface area contributed by atoms with Crippen LogP contribution in [0, 0.1) is 0 Å². The van der Waals surface area contributed by atoms with Crippen molar-refractivity contribution in [1.82, 2.24) is 0 Å². The average molecular weight is 906 g/mol. The van der Waals surface area contributed by atoms with Gasteiger partial charge in [-0.2, -0.15) is 0 Å². The maximum absolute atomic E-state index is 7.27. The summed E-state index contributed by atoms with van der Waals surface area (Å²) in [5.74, 6) is 1.92. The molecule has 0 amide bonds. The molecule has 0 saturated heterocycles. The normalized spacial score (nSPS) is 14.8. The number of rotatable bonds is 7. The van der Waals surface area contributed by atoms with Gasteiger partial charge in [0.25, 0.3) is 0 Å². The Morgan fingerprint density at radius 1 is 0.366 bits per heavy atom. The quantitative estimate of drug-likeness (QED) is 0.158. The van der Waals surface area contributed by atoms with Gasteiger partial charge in [-0.1, -0.05) is 218 Å². The first-order valence-electron chi connectivity index (χ1n) is 24.8. The molecule has 0 fully saturated rings. The van der Waals surface area contributed by atoms with Crippen molar-refractivity contribution in [2.45, 2.75) is 18.3 Å². The Bertz CT molecular complexity index is 3820. The molecule has 71 heavy (non-hydrogen) atoms. The van der Waals surface area contributed by atoms with Gasteiger partial charge in [-0.25, -0.2) is 0 Å². The van der Waals surface area contributed by atoms with Crippen molar-refractivity contribution in [2.24, 2.45) is 0 Å². The van der Waals surface area contributed by atoms with Gasteiger partial charge in [0, 0.05) is 39.1 Å². The lowest BCUT2D eigenvalue weighted by Crippen LogP contribution is -2.32. The molecule has 1 aliphatic heterocycles. The summed E-state index contributed by atoms with van der Waals surface area (Å²) in [6.45, 7) is 0. The first-order valence-corrected chi connectivity index (χ1v) is 24.8. The summed E-state index contributed by atoms with van der Waals surface area (Å²) in [6, 6.07) is 91.4. The molecule has 0 radical (unpaired) electrons. The Balaban J connectivity index is 0.953. The van der Waals surface area contributed by atoms with Crippen molar-refractivity contribution in [3.05, 3.63) is 288 Å². The van der Waals surface area contributed by atoms with Crippen LogP contribution < -0.4 is 9.64 Å². The second-order valence-corrected chi connectivity index (χ2v) is 19.0. The number of anilines is 3. The van der Waals surface area contributed by atoms with Gasteiger partial charge in [0.1, 0.15) is 11.5 Å². The molecular formula is C69H47NO. The van der Waals surface area contributed by atoms with E-state index in [0.29, 0.717) is 0 Å². The maximum Gasteiger partial charge on any atom is 0.140 e. The van der Waals surface area contributed by atoms with Gasteiger partial charge in [-0.05, 0) is 133 Å². The molecule has 3 aliphatic rings. The highest BCUT2D eigenvalue weighted by Crippen LogP contribution is 2.65. The zero-order valence-corrected chi connectivity index (χ0v) is 39.1. The van der Waals surface area contributed by atoms with Crippen LogP contribution >= 0.6 is 0 Å². The van der Waals surface area contributed by atoms with Crippen LogP contribution in [0.5, 0.6) is 11.5 Å². The summed E-state index contributed by atoms with van der Waals surface area (Å²) >= 11 is 0. The molecule has 2 nitrogen and oxygen atoms in total. The molecule has 2 heteroatoms. The zero-order chi connectivity index (χ0) is 46.9. The molecule has 11 aromatic rings. The van der Waals surface area contributed by atoms with Gasteiger partial charge in [-0.15, -0.1) is 0 Å². The van der Waals surface area contributed by atoms with E-state index in [1.807, 2.05) is 0 Å². The minimum absolute atomic E-state index is 0.599. The molecule has 1 atom stereocenters. The molecular weight excluding hydrogens is 859 g/mol. The molecule has 14 rings (SSSR count). The van der Waals surface area contributed by atoms with Crippen molar-refractivity contribution < 1.29 is 4.74 Å². The molecule has 0 N–H and O–H groups in total. The number of ether oxygens (including phenoxy) is 1. The minimum atomic E-state index is -0.599. The van der Waals surface area contributed by atoms with E-state index in [1.165, 1.54) is 83.3 Å². The monoisotopic (exact) mass is 905 g/mol. The fraction of sp³-hybridized carbons (Fsp3) is 0.0435. The van der Waals surface area contributed by atoms with Crippen LogP contribution in [0.2, 0.25) is 0 Å². The smallest absolute Gasteiger partial charge is 0.140 e. The fourth-order valence-electron chi connectivity index (χ4n) is 11.9. The molecule has 0 aromatic heterocycles. The highest BCUT2D eigenvalue weighted by atomic mass is 16.5. The van der Waals surface area contributed by atoms with Crippen LogP contribution in [0.25, 0.3) is 72.5 Å². The summed E-state index contributed by atoms with van der Waals surface area (Å²) < 4.78 is 7.27. The van der Waals surface area contributed by atoms with Gasteiger partial charge in [0.15, 0.2) is 0 Å². The molecule has 1 unspecified atom stereocenters. The Morgan fingerprint density at radius 2 is 0.915 bits per heavy atom. The lowest BCUT2D eigenvalue weighted by Gasteiger charge is -2.41. The largest absolute Gasteiger partial charge is 0.455 e. The highest BCUT2D eigenvalue weighted by molar-refractivity contribution is 6.00. The van der Waals surface area contributed by atoms with Crippen molar-refractivity contribution in [3.8, 4) is 67.1 Å². The number of benzene rings is 11. The predicted octanol–water partition coefficient (Wildman–Crippen LogP) is 18.4. The van der Waals surface area contributed by atoms with E-state index in [2.05, 4.69) is 266 Å². The van der Waals surface area contributed by atoms with Gasteiger partial charge >= 0.3 is 0 Å². The van der Waals surface area contributed by atoms with Crippen molar-refractivity contribution >= 4 is 33.9 Å². The Kier molecular flexibility index (Phi) is 9.60. The van der Waals surface area contributed by atoms with E-state index in [-0.39, 0.29) is 0 Å². The first-order chi connectivity index (χ1) is 35.2. The zero-order valence-electron chi connectivity index (χ0n) is 39.1. The molecule has 1 heterocycles. The average Bonchev–Trinajstić information content (AvgIpc) is 3.76.